The largest absolute Gasteiger partial charge is 0.455 e. The lowest BCUT2D eigenvalue weighted by molar-refractivity contribution is -0.146. The van der Waals surface area contributed by atoms with Crippen molar-refractivity contribution >= 4 is 35.0 Å². The monoisotopic (exact) mass is 436 g/mol. The molecule has 0 radical (unpaired) electrons. The van der Waals surface area contributed by atoms with E-state index in [1.54, 1.807) is 11.3 Å². The molecule has 1 saturated carbocycles. The van der Waals surface area contributed by atoms with E-state index in [0.29, 0.717) is 23.5 Å². The van der Waals surface area contributed by atoms with Crippen molar-refractivity contribution in [1.29, 1.82) is 0 Å². The molecule has 1 aliphatic carbocycles. The summed E-state index contributed by atoms with van der Waals surface area (Å²) in [5, 5.41) is 14.1. The number of rotatable bonds is 8. The Labute approximate surface area is 179 Å². The van der Waals surface area contributed by atoms with E-state index in [-0.39, 0.29) is 24.3 Å². The van der Waals surface area contributed by atoms with Crippen molar-refractivity contribution in [2.75, 3.05) is 12.4 Å². The van der Waals surface area contributed by atoms with Gasteiger partial charge in [-0.3, -0.25) is 9.59 Å². The number of hydrogen-bond acceptors (Lipinski definition) is 7. The van der Waals surface area contributed by atoms with Gasteiger partial charge in [0.1, 0.15) is 0 Å². The summed E-state index contributed by atoms with van der Waals surface area (Å²) < 4.78 is 7.13. The Morgan fingerprint density at radius 1 is 1.34 bits per heavy atom. The summed E-state index contributed by atoms with van der Waals surface area (Å²) in [4.78, 5) is 25.3. The van der Waals surface area contributed by atoms with Gasteiger partial charge >= 0.3 is 5.97 Å². The molecule has 1 amide bonds. The second-order valence-corrected chi connectivity index (χ2v) is 9.31. The summed E-state index contributed by atoms with van der Waals surface area (Å²) in [5.74, 6) is 1.27. The van der Waals surface area contributed by atoms with E-state index in [1.165, 1.54) is 18.2 Å². The van der Waals surface area contributed by atoms with Crippen molar-refractivity contribution in [3.63, 3.8) is 0 Å². The highest BCUT2D eigenvalue weighted by Crippen LogP contribution is 2.29. The molecule has 3 rings (SSSR count). The van der Waals surface area contributed by atoms with E-state index in [0.717, 1.165) is 23.5 Å². The summed E-state index contributed by atoms with van der Waals surface area (Å²) in [5.41, 5.74) is 0. The number of carbonyl (C=O) groups excluding carboxylic acids is 2. The van der Waals surface area contributed by atoms with Crippen LogP contribution in [-0.4, -0.2) is 45.0 Å². The van der Waals surface area contributed by atoms with Gasteiger partial charge in [-0.1, -0.05) is 44.5 Å². The lowest BCUT2D eigenvalue weighted by atomic mass is 9.78. The van der Waals surface area contributed by atoms with Gasteiger partial charge < -0.3 is 14.6 Å². The van der Waals surface area contributed by atoms with Crippen molar-refractivity contribution in [1.82, 2.24) is 20.1 Å². The van der Waals surface area contributed by atoms with Gasteiger partial charge in [-0.25, -0.2) is 0 Å². The number of aromatic nitrogens is 3. The number of nitrogens with zero attached hydrogens (tertiary/aromatic N) is 3. The van der Waals surface area contributed by atoms with Gasteiger partial charge in [-0.15, -0.1) is 21.5 Å². The van der Waals surface area contributed by atoms with Crippen LogP contribution in [0, 0.1) is 11.8 Å². The Morgan fingerprint density at radius 2 is 2.17 bits per heavy atom. The minimum Gasteiger partial charge on any atom is -0.455 e. The highest BCUT2D eigenvalue weighted by Gasteiger charge is 2.28. The minimum absolute atomic E-state index is 0.0900. The molecule has 1 N–H and O–H groups in total. The predicted octanol–water partition coefficient (Wildman–Crippen LogP) is 3.60. The maximum absolute atomic E-state index is 12.2. The normalized spacial score (nSPS) is 21.7. The van der Waals surface area contributed by atoms with Crippen molar-refractivity contribution < 1.29 is 14.3 Å². The van der Waals surface area contributed by atoms with Gasteiger partial charge in [0.15, 0.2) is 17.6 Å². The summed E-state index contributed by atoms with van der Waals surface area (Å²) >= 11 is 2.87. The van der Waals surface area contributed by atoms with Crippen molar-refractivity contribution in [2.24, 2.45) is 11.8 Å². The second-order valence-electron chi connectivity index (χ2n) is 7.42. The summed E-state index contributed by atoms with van der Waals surface area (Å²) in [6, 6.07) is 4.13. The Balaban J connectivity index is 1.45. The molecule has 29 heavy (non-hydrogen) atoms. The summed E-state index contributed by atoms with van der Waals surface area (Å²) in [7, 11) is 0. The average Bonchev–Trinajstić information content (AvgIpc) is 3.37. The van der Waals surface area contributed by atoms with Gasteiger partial charge in [0.05, 0.1) is 10.6 Å². The molecular formula is C20H28N4O3S2. The molecular weight excluding hydrogens is 408 g/mol. The number of nitrogens with one attached hydrogen (secondary N) is 1. The number of thiophene rings is 1. The van der Waals surface area contributed by atoms with Crippen molar-refractivity contribution in [2.45, 2.75) is 57.8 Å². The van der Waals surface area contributed by atoms with E-state index in [2.05, 4.69) is 29.4 Å². The van der Waals surface area contributed by atoms with Gasteiger partial charge in [0.2, 0.25) is 0 Å². The molecule has 0 spiro atoms. The highest BCUT2D eigenvalue weighted by atomic mass is 32.2. The lowest BCUT2D eigenvalue weighted by Gasteiger charge is -2.34. The Hall–Kier alpha value is -1.87. The fraction of sp³-hybridized carbons (Fsp3) is 0.600. The summed E-state index contributed by atoms with van der Waals surface area (Å²) in [6.45, 7) is 6.88. The molecule has 1 fully saturated rings. The van der Waals surface area contributed by atoms with Gasteiger partial charge in [-0.05, 0) is 36.6 Å². The molecule has 2 aromatic heterocycles. The number of amides is 1. The molecule has 7 nitrogen and oxygen atoms in total. The lowest BCUT2D eigenvalue weighted by Crippen LogP contribution is -2.45. The maximum atomic E-state index is 12.2. The predicted molar refractivity (Wildman–Crippen MR) is 115 cm³/mol. The number of thioether (sulfide) groups is 1. The smallest absolute Gasteiger partial charge is 0.316 e. The molecule has 0 aliphatic heterocycles. The number of esters is 1. The van der Waals surface area contributed by atoms with Crippen LogP contribution in [0.2, 0.25) is 0 Å². The zero-order valence-electron chi connectivity index (χ0n) is 17.1. The van der Waals surface area contributed by atoms with Crippen LogP contribution in [-0.2, 0) is 20.9 Å². The molecule has 1 aliphatic rings. The molecule has 0 bridgehead atoms. The first-order chi connectivity index (χ1) is 14.0. The van der Waals surface area contributed by atoms with Crippen LogP contribution in [0.5, 0.6) is 0 Å². The van der Waals surface area contributed by atoms with E-state index < -0.39 is 5.97 Å². The molecule has 0 saturated heterocycles. The highest BCUT2D eigenvalue weighted by molar-refractivity contribution is 7.99. The zero-order valence-corrected chi connectivity index (χ0v) is 18.7. The van der Waals surface area contributed by atoms with Gasteiger partial charge in [-0.2, -0.15) is 0 Å². The fourth-order valence-corrected chi connectivity index (χ4v) is 5.13. The van der Waals surface area contributed by atoms with Crippen molar-refractivity contribution in [3.8, 4) is 10.7 Å². The number of ether oxygens (including phenoxy) is 1. The first-order valence-electron chi connectivity index (χ1n) is 10.0. The average molecular weight is 437 g/mol. The Bertz CT molecular complexity index is 822. The quantitative estimate of drug-likeness (QED) is 0.503. The molecule has 9 heteroatoms. The Morgan fingerprint density at radius 3 is 2.90 bits per heavy atom. The summed E-state index contributed by atoms with van der Waals surface area (Å²) in [6.07, 6.45) is 3.31. The van der Waals surface area contributed by atoms with Crippen LogP contribution in [0.25, 0.3) is 10.7 Å². The van der Waals surface area contributed by atoms with Crippen LogP contribution >= 0.6 is 23.1 Å². The van der Waals surface area contributed by atoms with Crippen molar-refractivity contribution in [3.05, 3.63) is 17.5 Å². The van der Waals surface area contributed by atoms with E-state index in [9.17, 15) is 9.59 Å². The maximum Gasteiger partial charge on any atom is 0.316 e. The van der Waals surface area contributed by atoms with E-state index in [4.69, 9.17) is 4.74 Å². The molecule has 0 aromatic carbocycles. The molecule has 2 aromatic rings. The minimum atomic E-state index is -0.432. The second kappa shape index (κ2) is 10.2. The van der Waals surface area contributed by atoms with Gasteiger partial charge in [0, 0.05) is 12.6 Å². The van der Waals surface area contributed by atoms with E-state index in [1.807, 2.05) is 29.0 Å². The van der Waals surface area contributed by atoms with Gasteiger partial charge in [0.25, 0.3) is 5.91 Å². The number of carbonyl (C=O) groups is 2. The third-order valence-corrected chi connectivity index (χ3v) is 7.32. The molecule has 0 unspecified atom stereocenters. The first-order valence-corrected chi connectivity index (χ1v) is 11.9. The van der Waals surface area contributed by atoms with Crippen LogP contribution in [0.15, 0.2) is 22.7 Å². The van der Waals surface area contributed by atoms with Crippen LogP contribution < -0.4 is 5.32 Å². The SMILES string of the molecule is CCn1c(SCC(=O)OCC(=O)N[C@@H]2CCC[C@@H](C)[C@@H]2C)nnc1-c1cccs1. The first kappa shape index (κ1) is 21.8. The van der Waals surface area contributed by atoms with Crippen LogP contribution in [0.3, 0.4) is 0 Å². The third kappa shape index (κ3) is 5.60. The van der Waals surface area contributed by atoms with Crippen LogP contribution in [0.1, 0.15) is 40.0 Å². The zero-order chi connectivity index (χ0) is 20.8. The van der Waals surface area contributed by atoms with Crippen LogP contribution in [0.4, 0.5) is 0 Å². The molecule has 158 valence electrons. The standard InChI is InChI=1S/C20H28N4O3S2/c1-4-24-19(16-9-6-10-28-16)22-23-20(24)29-12-18(26)27-11-17(25)21-15-8-5-7-13(2)14(15)3/h6,9-10,13-15H,4-5,7-8,11-12H2,1-3H3,(H,21,25)/t13-,14+,15-/m1/s1. The molecule has 2 heterocycles. The fourth-order valence-electron chi connectivity index (χ4n) is 3.61. The number of hydrogen-bond donors (Lipinski definition) is 1. The topological polar surface area (TPSA) is 86.1 Å². The third-order valence-electron chi connectivity index (χ3n) is 5.51. The molecule has 3 atom stereocenters. The Kier molecular flexibility index (Phi) is 7.71. The van der Waals surface area contributed by atoms with E-state index >= 15 is 0 Å².